The molecule has 0 saturated heterocycles. The van der Waals surface area contributed by atoms with E-state index in [0.717, 1.165) is 24.3 Å². The Labute approximate surface area is 117 Å². The molecule has 0 bridgehead atoms. The Hall–Kier alpha value is -1.62. The molecule has 0 spiro atoms. The van der Waals surface area contributed by atoms with E-state index in [2.05, 4.69) is 24.3 Å². The van der Waals surface area contributed by atoms with Crippen LogP contribution >= 0.6 is 11.3 Å². The van der Waals surface area contributed by atoms with Gasteiger partial charge in [-0.05, 0) is 37.5 Å². The van der Waals surface area contributed by atoms with Crippen LogP contribution in [0.2, 0.25) is 0 Å². The minimum absolute atomic E-state index is 0.0354. The Morgan fingerprint density at radius 1 is 1.53 bits per heavy atom. The maximum atomic E-state index is 12.0. The summed E-state index contributed by atoms with van der Waals surface area (Å²) in [5.74, 6) is 0.0354. The van der Waals surface area contributed by atoms with E-state index in [4.69, 9.17) is 0 Å². The first-order valence-corrected chi connectivity index (χ1v) is 7.37. The molecule has 102 valence electrons. The molecule has 2 aromatic rings. The molecule has 19 heavy (non-hydrogen) atoms. The van der Waals surface area contributed by atoms with Crippen LogP contribution in [0.15, 0.2) is 24.5 Å². The second-order valence-electron chi connectivity index (χ2n) is 4.42. The number of carbonyl (C=O) groups excluding carboxylic acids is 1. The van der Waals surface area contributed by atoms with Gasteiger partial charge in [0.2, 0.25) is 0 Å². The van der Waals surface area contributed by atoms with E-state index in [-0.39, 0.29) is 5.91 Å². The van der Waals surface area contributed by atoms with Crippen LogP contribution in [0.4, 0.5) is 0 Å². The highest BCUT2D eigenvalue weighted by molar-refractivity contribution is 7.14. The monoisotopic (exact) mass is 277 g/mol. The predicted molar refractivity (Wildman–Crippen MR) is 77.6 cm³/mol. The number of thiophene rings is 1. The lowest BCUT2D eigenvalue weighted by Crippen LogP contribution is -2.24. The van der Waals surface area contributed by atoms with Gasteiger partial charge in [-0.1, -0.05) is 6.92 Å². The largest absolute Gasteiger partial charge is 0.351 e. The van der Waals surface area contributed by atoms with E-state index < -0.39 is 0 Å². The number of amides is 1. The Kier molecular flexibility index (Phi) is 4.74. The van der Waals surface area contributed by atoms with Crippen molar-refractivity contribution in [2.45, 2.75) is 33.2 Å². The number of carbonyl (C=O) groups is 1. The number of aromatic nitrogens is 2. The van der Waals surface area contributed by atoms with E-state index in [1.807, 2.05) is 23.0 Å². The lowest BCUT2D eigenvalue weighted by molar-refractivity contribution is 0.0956. The molecular weight excluding hydrogens is 258 g/mol. The summed E-state index contributed by atoms with van der Waals surface area (Å²) in [4.78, 5) is 14.0. The van der Waals surface area contributed by atoms with E-state index in [0.29, 0.717) is 6.54 Å². The highest BCUT2D eigenvalue weighted by atomic mass is 32.1. The smallest absolute Gasteiger partial charge is 0.261 e. The third-order valence-electron chi connectivity index (χ3n) is 3.03. The summed E-state index contributed by atoms with van der Waals surface area (Å²) in [5, 5.41) is 7.08. The van der Waals surface area contributed by atoms with Crippen molar-refractivity contribution in [2.75, 3.05) is 6.54 Å². The summed E-state index contributed by atoms with van der Waals surface area (Å²) in [6.07, 6.45) is 5.56. The van der Waals surface area contributed by atoms with Crippen LogP contribution in [-0.4, -0.2) is 22.2 Å². The van der Waals surface area contributed by atoms with Gasteiger partial charge >= 0.3 is 0 Å². The number of aryl methyl sites for hydroxylation is 3. The van der Waals surface area contributed by atoms with Crippen LogP contribution in [0.5, 0.6) is 0 Å². The number of rotatable bonds is 6. The topological polar surface area (TPSA) is 46.9 Å². The van der Waals surface area contributed by atoms with Crippen LogP contribution in [0.1, 0.15) is 33.5 Å². The number of hydrogen-bond acceptors (Lipinski definition) is 3. The van der Waals surface area contributed by atoms with Crippen LogP contribution < -0.4 is 5.32 Å². The third kappa shape index (κ3) is 3.67. The minimum atomic E-state index is 0.0354. The van der Waals surface area contributed by atoms with Gasteiger partial charge in [-0.25, -0.2) is 0 Å². The standard InChI is InChI=1S/C14H19N3OS/c1-3-12-10-13(19-11(12)2)14(18)15-6-4-8-17-9-5-7-16-17/h5,7,9-10H,3-4,6,8H2,1-2H3,(H,15,18). The van der Waals surface area contributed by atoms with Crippen molar-refractivity contribution in [3.8, 4) is 0 Å². The molecule has 0 radical (unpaired) electrons. The first kappa shape index (κ1) is 13.8. The zero-order chi connectivity index (χ0) is 13.7. The van der Waals surface area contributed by atoms with Gasteiger partial charge in [0.25, 0.3) is 5.91 Å². The molecule has 0 aliphatic carbocycles. The van der Waals surface area contributed by atoms with E-state index >= 15 is 0 Å². The quantitative estimate of drug-likeness (QED) is 0.825. The molecule has 2 heterocycles. The van der Waals surface area contributed by atoms with Crippen molar-refractivity contribution in [1.29, 1.82) is 0 Å². The van der Waals surface area contributed by atoms with Gasteiger partial charge in [0, 0.05) is 30.4 Å². The van der Waals surface area contributed by atoms with Gasteiger partial charge in [0.1, 0.15) is 0 Å². The Morgan fingerprint density at radius 3 is 3.00 bits per heavy atom. The summed E-state index contributed by atoms with van der Waals surface area (Å²) in [6, 6.07) is 3.90. The van der Waals surface area contributed by atoms with Gasteiger partial charge in [0.15, 0.2) is 0 Å². The molecule has 0 aliphatic heterocycles. The average Bonchev–Trinajstić information content (AvgIpc) is 3.03. The Morgan fingerprint density at radius 2 is 2.37 bits per heavy atom. The van der Waals surface area contributed by atoms with Crippen LogP contribution in [-0.2, 0) is 13.0 Å². The lowest BCUT2D eigenvalue weighted by Gasteiger charge is -2.03. The fraction of sp³-hybridized carbons (Fsp3) is 0.429. The second-order valence-corrected chi connectivity index (χ2v) is 5.68. The van der Waals surface area contributed by atoms with Gasteiger partial charge < -0.3 is 5.32 Å². The fourth-order valence-electron chi connectivity index (χ4n) is 1.95. The molecule has 4 nitrogen and oxygen atoms in total. The van der Waals surface area contributed by atoms with E-state index in [9.17, 15) is 4.79 Å². The molecule has 1 amide bonds. The number of hydrogen-bond donors (Lipinski definition) is 1. The summed E-state index contributed by atoms with van der Waals surface area (Å²) >= 11 is 1.57. The van der Waals surface area contributed by atoms with Crippen molar-refractivity contribution >= 4 is 17.2 Å². The van der Waals surface area contributed by atoms with Crippen molar-refractivity contribution in [1.82, 2.24) is 15.1 Å². The zero-order valence-electron chi connectivity index (χ0n) is 11.3. The fourth-order valence-corrected chi connectivity index (χ4v) is 2.98. The van der Waals surface area contributed by atoms with Gasteiger partial charge in [-0.3, -0.25) is 9.48 Å². The predicted octanol–water partition coefficient (Wildman–Crippen LogP) is 2.64. The summed E-state index contributed by atoms with van der Waals surface area (Å²) in [7, 11) is 0. The molecular formula is C14H19N3OS. The molecule has 0 aliphatic rings. The van der Waals surface area contributed by atoms with Crippen molar-refractivity contribution in [3.05, 3.63) is 39.8 Å². The highest BCUT2D eigenvalue weighted by Gasteiger charge is 2.10. The lowest BCUT2D eigenvalue weighted by atomic mass is 10.2. The first-order chi connectivity index (χ1) is 9.20. The first-order valence-electron chi connectivity index (χ1n) is 6.55. The number of nitrogens with zero attached hydrogens (tertiary/aromatic N) is 2. The molecule has 1 N–H and O–H groups in total. The molecule has 2 rings (SSSR count). The molecule has 0 atom stereocenters. The molecule has 0 saturated carbocycles. The van der Waals surface area contributed by atoms with Crippen molar-refractivity contribution in [2.24, 2.45) is 0 Å². The SMILES string of the molecule is CCc1cc(C(=O)NCCCn2cccn2)sc1C. The van der Waals surface area contributed by atoms with Crippen LogP contribution in [0.25, 0.3) is 0 Å². The van der Waals surface area contributed by atoms with Crippen molar-refractivity contribution < 1.29 is 4.79 Å². The van der Waals surface area contributed by atoms with Crippen LogP contribution in [0.3, 0.4) is 0 Å². The van der Waals surface area contributed by atoms with E-state index in [1.165, 1.54) is 10.4 Å². The second kappa shape index (κ2) is 6.52. The summed E-state index contributed by atoms with van der Waals surface area (Å²) in [5.41, 5.74) is 1.27. The van der Waals surface area contributed by atoms with Crippen LogP contribution in [0, 0.1) is 6.92 Å². The van der Waals surface area contributed by atoms with Gasteiger partial charge in [-0.2, -0.15) is 5.10 Å². The molecule has 0 aromatic carbocycles. The maximum absolute atomic E-state index is 12.0. The van der Waals surface area contributed by atoms with E-state index in [1.54, 1.807) is 17.5 Å². The highest BCUT2D eigenvalue weighted by Crippen LogP contribution is 2.21. The summed E-state index contributed by atoms with van der Waals surface area (Å²) < 4.78 is 1.87. The Balaban J connectivity index is 1.77. The summed E-state index contributed by atoms with van der Waals surface area (Å²) in [6.45, 7) is 5.69. The third-order valence-corrected chi connectivity index (χ3v) is 4.13. The molecule has 0 fully saturated rings. The molecule has 0 unspecified atom stereocenters. The normalized spacial score (nSPS) is 10.6. The average molecular weight is 277 g/mol. The van der Waals surface area contributed by atoms with Gasteiger partial charge in [-0.15, -0.1) is 11.3 Å². The molecule has 2 aromatic heterocycles. The van der Waals surface area contributed by atoms with Crippen molar-refractivity contribution in [3.63, 3.8) is 0 Å². The minimum Gasteiger partial charge on any atom is -0.351 e. The zero-order valence-corrected chi connectivity index (χ0v) is 12.2. The maximum Gasteiger partial charge on any atom is 0.261 e. The Bertz CT molecular complexity index is 531. The number of nitrogens with one attached hydrogen (secondary N) is 1. The van der Waals surface area contributed by atoms with Gasteiger partial charge in [0.05, 0.1) is 4.88 Å². The molecule has 5 heteroatoms.